The third-order valence-electron chi connectivity index (χ3n) is 3.11. The molecule has 0 radical (unpaired) electrons. The molecule has 2 nitrogen and oxygen atoms in total. The highest BCUT2D eigenvalue weighted by Crippen LogP contribution is 2.31. The second kappa shape index (κ2) is 4.12. The number of carbonyl (C=O) groups excluding carboxylic acids is 1. The Labute approximate surface area is 96.6 Å². The Morgan fingerprint density at radius 1 is 1.50 bits per heavy atom. The smallest absolute Gasteiger partial charge is 0.250 e. The van der Waals surface area contributed by atoms with Crippen LogP contribution < -0.4 is 4.90 Å². The lowest BCUT2D eigenvalue weighted by Crippen LogP contribution is -2.26. The Hall–Kier alpha value is -1.57. The van der Waals surface area contributed by atoms with Gasteiger partial charge in [0, 0.05) is 12.2 Å². The van der Waals surface area contributed by atoms with E-state index < -0.39 is 0 Å². The molecule has 1 aromatic carbocycles. The van der Waals surface area contributed by atoms with Crippen molar-refractivity contribution in [3.05, 3.63) is 42.0 Å². The maximum atomic E-state index is 11.7. The molecule has 0 aromatic heterocycles. The quantitative estimate of drug-likeness (QED) is 0.695. The molecule has 0 saturated heterocycles. The summed E-state index contributed by atoms with van der Waals surface area (Å²) < 4.78 is 0. The van der Waals surface area contributed by atoms with E-state index in [1.54, 1.807) is 0 Å². The Bertz CT molecular complexity index is 434. The Morgan fingerprint density at radius 3 is 2.88 bits per heavy atom. The van der Waals surface area contributed by atoms with E-state index in [-0.39, 0.29) is 5.91 Å². The largest absolute Gasteiger partial charge is 0.308 e. The monoisotopic (exact) mass is 215 g/mol. The van der Waals surface area contributed by atoms with Crippen molar-refractivity contribution in [1.29, 1.82) is 0 Å². The van der Waals surface area contributed by atoms with Crippen LogP contribution in [0, 0.1) is 0 Å². The second-order valence-corrected chi connectivity index (χ2v) is 4.49. The third kappa shape index (κ3) is 1.75. The van der Waals surface area contributed by atoms with Crippen LogP contribution in [0.2, 0.25) is 0 Å². The number of hydrogen-bond donors (Lipinski definition) is 0. The van der Waals surface area contributed by atoms with Gasteiger partial charge in [0.2, 0.25) is 5.91 Å². The van der Waals surface area contributed by atoms with Gasteiger partial charge in [0.1, 0.15) is 0 Å². The van der Waals surface area contributed by atoms with Gasteiger partial charge in [-0.05, 0) is 35.6 Å². The number of rotatable bonds is 2. The molecular formula is C14H17NO. The first-order valence-electron chi connectivity index (χ1n) is 5.70. The Kier molecular flexibility index (Phi) is 2.82. The van der Waals surface area contributed by atoms with Crippen molar-refractivity contribution in [3.63, 3.8) is 0 Å². The average molecular weight is 215 g/mol. The zero-order chi connectivity index (χ0) is 11.7. The number of carbonyl (C=O) groups is 1. The predicted molar refractivity (Wildman–Crippen MR) is 66.8 cm³/mol. The summed E-state index contributed by atoms with van der Waals surface area (Å²) in [5.41, 5.74) is 3.61. The molecule has 1 amide bonds. The highest BCUT2D eigenvalue weighted by atomic mass is 16.2. The van der Waals surface area contributed by atoms with E-state index in [1.165, 1.54) is 17.2 Å². The first-order valence-corrected chi connectivity index (χ1v) is 5.70. The lowest BCUT2D eigenvalue weighted by Gasteiger charge is -2.16. The highest BCUT2D eigenvalue weighted by molar-refractivity contribution is 6.02. The summed E-state index contributed by atoms with van der Waals surface area (Å²) in [6.07, 6.45) is 2.34. The van der Waals surface area contributed by atoms with E-state index in [0.717, 1.165) is 18.7 Å². The SMILES string of the molecule is C=CC(=O)N1CCc2ccc(C(C)C)cc21. The van der Waals surface area contributed by atoms with Gasteiger partial charge in [0.15, 0.2) is 0 Å². The molecule has 0 spiro atoms. The minimum atomic E-state index is -0.000318. The van der Waals surface area contributed by atoms with Crippen LogP contribution in [0.4, 0.5) is 5.69 Å². The Balaban J connectivity index is 2.40. The van der Waals surface area contributed by atoms with E-state index in [1.807, 2.05) is 4.90 Å². The van der Waals surface area contributed by atoms with Crippen molar-refractivity contribution in [2.45, 2.75) is 26.2 Å². The zero-order valence-electron chi connectivity index (χ0n) is 9.86. The van der Waals surface area contributed by atoms with Crippen molar-refractivity contribution in [1.82, 2.24) is 0 Å². The summed E-state index contributed by atoms with van der Waals surface area (Å²) in [4.78, 5) is 13.5. The van der Waals surface area contributed by atoms with E-state index >= 15 is 0 Å². The van der Waals surface area contributed by atoms with Gasteiger partial charge in [-0.2, -0.15) is 0 Å². The van der Waals surface area contributed by atoms with Crippen molar-refractivity contribution in [2.24, 2.45) is 0 Å². The van der Waals surface area contributed by atoms with Crippen LogP contribution in [-0.2, 0) is 11.2 Å². The fraction of sp³-hybridized carbons (Fsp3) is 0.357. The molecule has 0 bridgehead atoms. The molecule has 16 heavy (non-hydrogen) atoms. The minimum absolute atomic E-state index is 0.000318. The van der Waals surface area contributed by atoms with Crippen molar-refractivity contribution >= 4 is 11.6 Å². The van der Waals surface area contributed by atoms with E-state index in [2.05, 4.69) is 38.6 Å². The van der Waals surface area contributed by atoms with Crippen LogP contribution in [0.25, 0.3) is 0 Å². The fourth-order valence-electron chi connectivity index (χ4n) is 2.09. The molecule has 0 aliphatic carbocycles. The van der Waals surface area contributed by atoms with Crippen molar-refractivity contribution in [2.75, 3.05) is 11.4 Å². The highest BCUT2D eigenvalue weighted by Gasteiger charge is 2.23. The van der Waals surface area contributed by atoms with Gasteiger partial charge < -0.3 is 4.90 Å². The van der Waals surface area contributed by atoms with Gasteiger partial charge in [-0.25, -0.2) is 0 Å². The van der Waals surface area contributed by atoms with Gasteiger partial charge in [-0.15, -0.1) is 0 Å². The minimum Gasteiger partial charge on any atom is -0.308 e. The summed E-state index contributed by atoms with van der Waals surface area (Å²) in [5, 5.41) is 0. The van der Waals surface area contributed by atoms with Crippen LogP contribution in [0.1, 0.15) is 30.9 Å². The maximum absolute atomic E-state index is 11.7. The molecule has 1 heterocycles. The molecule has 0 N–H and O–H groups in total. The number of nitrogens with zero attached hydrogens (tertiary/aromatic N) is 1. The van der Waals surface area contributed by atoms with E-state index in [0.29, 0.717) is 5.92 Å². The van der Waals surface area contributed by atoms with Crippen LogP contribution in [0.15, 0.2) is 30.9 Å². The summed E-state index contributed by atoms with van der Waals surface area (Å²) in [6.45, 7) is 8.65. The van der Waals surface area contributed by atoms with Gasteiger partial charge in [0.05, 0.1) is 0 Å². The normalized spacial score (nSPS) is 14.1. The summed E-state index contributed by atoms with van der Waals surface area (Å²) in [6, 6.07) is 6.43. The predicted octanol–water partition coefficient (Wildman–Crippen LogP) is 2.89. The lowest BCUT2D eigenvalue weighted by molar-refractivity contribution is -0.114. The summed E-state index contributed by atoms with van der Waals surface area (Å²) in [7, 11) is 0. The fourth-order valence-corrected chi connectivity index (χ4v) is 2.09. The maximum Gasteiger partial charge on any atom is 0.250 e. The number of amides is 1. The molecular weight excluding hydrogens is 198 g/mol. The van der Waals surface area contributed by atoms with Crippen LogP contribution in [0.3, 0.4) is 0 Å². The van der Waals surface area contributed by atoms with E-state index in [4.69, 9.17) is 0 Å². The van der Waals surface area contributed by atoms with Crippen LogP contribution >= 0.6 is 0 Å². The van der Waals surface area contributed by atoms with Crippen LogP contribution in [-0.4, -0.2) is 12.5 Å². The van der Waals surface area contributed by atoms with E-state index in [9.17, 15) is 4.79 Å². The first kappa shape index (κ1) is 10.9. The summed E-state index contributed by atoms with van der Waals surface area (Å²) >= 11 is 0. The molecule has 0 unspecified atom stereocenters. The van der Waals surface area contributed by atoms with Crippen molar-refractivity contribution in [3.8, 4) is 0 Å². The Morgan fingerprint density at radius 2 is 2.25 bits per heavy atom. The number of fused-ring (bicyclic) bond motifs is 1. The number of benzene rings is 1. The molecule has 1 aromatic rings. The molecule has 0 saturated carbocycles. The molecule has 84 valence electrons. The molecule has 1 aliphatic rings. The standard InChI is InChI=1S/C14H17NO/c1-4-14(16)15-8-7-11-5-6-12(10(2)3)9-13(11)15/h4-6,9-10H,1,7-8H2,2-3H3. The average Bonchev–Trinajstić information content (AvgIpc) is 2.70. The molecule has 0 atom stereocenters. The first-order chi connectivity index (χ1) is 7.63. The number of anilines is 1. The van der Waals surface area contributed by atoms with Crippen LogP contribution in [0.5, 0.6) is 0 Å². The summed E-state index contributed by atoms with van der Waals surface area (Å²) in [5.74, 6) is 0.492. The topological polar surface area (TPSA) is 20.3 Å². The van der Waals surface area contributed by atoms with Crippen molar-refractivity contribution < 1.29 is 4.79 Å². The second-order valence-electron chi connectivity index (χ2n) is 4.49. The van der Waals surface area contributed by atoms with Gasteiger partial charge in [0.25, 0.3) is 0 Å². The van der Waals surface area contributed by atoms with Gasteiger partial charge in [-0.3, -0.25) is 4.79 Å². The molecule has 2 rings (SSSR count). The molecule has 1 aliphatic heterocycles. The third-order valence-corrected chi connectivity index (χ3v) is 3.11. The zero-order valence-corrected chi connectivity index (χ0v) is 9.86. The number of hydrogen-bond acceptors (Lipinski definition) is 1. The molecule has 0 fully saturated rings. The molecule has 2 heteroatoms. The lowest BCUT2D eigenvalue weighted by atomic mass is 10.0. The van der Waals surface area contributed by atoms with Gasteiger partial charge >= 0.3 is 0 Å². The van der Waals surface area contributed by atoms with Gasteiger partial charge in [-0.1, -0.05) is 32.6 Å².